The first-order valence-electron chi connectivity index (χ1n) is 8.10. The Hall–Kier alpha value is -2.23. The molecule has 0 saturated carbocycles. The average molecular weight is 454 g/mol. The van der Waals surface area contributed by atoms with E-state index in [4.69, 9.17) is 4.74 Å². The lowest BCUT2D eigenvalue weighted by atomic mass is 10.2. The first-order valence-corrected chi connectivity index (χ1v) is 10.3. The smallest absolute Gasteiger partial charge is 0.255 e. The first kappa shape index (κ1) is 21.1. The summed E-state index contributed by atoms with van der Waals surface area (Å²) in [7, 11) is -2.42. The minimum atomic E-state index is -3.76. The number of likely N-dealkylation sites (N-methyl/N-ethyl adjacent to an activating group) is 1. The normalized spacial score (nSPS) is 11.7. The Labute approximate surface area is 167 Å². The van der Waals surface area contributed by atoms with Crippen LogP contribution in [0.15, 0.2) is 63.0 Å². The lowest BCUT2D eigenvalue weighted by Crippen LogP contribution is -2.36. The monoisotopic (exact) mass is 453 g/mol. The van der Waals surface area contributed by atoms with Crippen molar-refractivity contribution < 1.29 is 17.9 Å². The predicted molar refractivity (Wildman–Crippen MR) is 107 cm³/mol. The minimum absolute atomic E-state index is 0.107. The van der Waals surface area contributed by atoms with E-state index in [1.165, 1.54) is 25.4 Å². The van der Waals surface area contributed by atoms with E-state index in [0.717, 1.165) is 8.78 Å². The maximum atomic E-state index is 12.5. The number of para-hydroxylation sites is 1. The van der Waals surface area contributed by atoms with Gasteiger partial charge in [-0.25, -0.2) is 13.8 Å². The van der Waals surface area contributed by atoms with E-state index in [-0.39, 0.29) is 11.4 Å². The van der Waals surface area contributed by atoms with Crippen LogP contribution in [0.5, 0.6) is 5.75 Å². The average Bonchev–Trinajstić information content (AvgIpc) is 2.63. The summed E-state index contributed by atoms with van der Waals surface area (Å²) in [4.78, 5) is 12.1. The topological polar surface area (TPSA) is 88.1 Å². The summed E-state index contributed by atoms with van der Waals surface area (Å²) in [5.41, 5.74) is 3.03. The molecule has 0 unspecified atom stereocenters. The number of benzene rings is 2. The minimum Gasteiger partial charge on any atom is -0.493 e. The first-order chi connectivity index (χ1) is 12.8. The van der Waals surface area contributed by atoms with Crippen LogP contribution in [0.1, 0.15) is 12.5 Å². The van der Waals surface area contributed by atoms with Crippen molar-refractivity contribution in [3.8, 4) is 5.75 Å². The Balaban J connectivity index is 1.98. The molecular weight excluding hydrogens is 434 g/mol. The summed E-state index contributed by atoms with van der Waals surface area (Å²) in [6.45, 7) is 2.02. The lowest BCUT2D eigenvalue weighted by molar-refractivity contribution is -0.121. The highest BCUT2D eigenvalue weighted by Crippen LogP contribution is 2.18. The number of hydrogen-bond donors (Lipinski definition) is 1. The summed E-state index contributed by atoms with van der Waals surface area (Å²) in [6, 6.07) is 13.4. The lowest BCUT2D eigenvalue weighted by Gasteiger charge is -2.16. The third kappa shape index (κ3) is 5.88. The van der Waals surface area contributed by atoms with Crippen LogP contribution in [-0.2, 0) is 14.8 Å². The van der Waals surface area contributed by atoms with Crippen molar-refractivity contribution in [1.29, 1.82) is 0 Å². The molecule has 0 heterocycles. The highest BCUT2D eigenvalue weighted by Gasteiger charge is 2.22. The second-order valence-corrected chi connectivity index (χ2v) is 8.44. The maximum absolute atomic E-state index is 12.5. The molecule has 0 bridgehead atoms. The number of hydrogen-bond acceptors (Lipinski definition) is 5. The maximum Gasteiger partial charge on any atom is 0.255 e. The van der Waals surface area contributed by atoms with Crippen molar-refractivity contribution in [2.45, 2.75) is 11.8 Å². The number of carbonyl (C=O) groups is 1. The Morgan fingerprint density at radius 3 is 2.56 bits per heavy atom. The molecular formula is C18H20BrN3O4S. The third-order valence-electron chi connectivity index (χ3n) is 3.50. The number of nitrogens with zero attached hydrogens (tertiary/aromatic N) is 2. The van der Waals surface area contributed by atoms with Gasteiger partial charge in [-0.15, -0.1) is 0 Å². The predicted octanol–water partition coefficient (Wildman–Crippen LogP) is 2.62. The molecule has 7 nitrogen and oxygen atoms in total. The second-order valence-electron chi connectivity index (χ2n) is 5.48. The van der Waals surface area contributed by atoms with Crippen molar-refractivity contribution in [3.05, 3.63) is 58.6 Å². The molecule has 0 saturated heterocycles. The molecule has 2 aromatic rings. The third-order valence-corrected chi connectivity index (χ3v) is 5.85. The molecule has 0 atom stereocenters. The molecule has 144 valence electrons. The van der Waals surface area contributed by atoms with Crippen molar-refractivity contribution in [3.63, 3.8) is 0 Å². The molecule has 0 fully saturated rings. The van der Waals surface area contributed by atoms with Crippen LogP contribution in [0.2, 0.25) is 0 Å². The quantitative estimate of drug-likeness (QED) is 0.491. The number of amides is 1. The number of sulfonamides is 1. The van der Waals surface area contributed by atoms with Gasteiger partial charge in [0.2, 0.25) is 10.0 Å². The number of rotatable bonds is 8. The van der Waals surface area contributed by atoms with Crippen LogP contribution < -0.4 is 10.2 Å². The van der Waals surface area contributed by atoms with E-state index in [2.05, 4.69) is 26.5 Å². The molecule has 0 aliphatic heterocycles. The van der Waals surface area contributed by atoms with Gasteiger partial charge in [-0.05, 0) is 43.3 Å². The number of ether oxygens (including phenoxy) is 1. The highest BCUT2D eigenvalue weighted by atomic mass is 79.9. The zero-order chi connectivity index (χ0) is 19.9. The molecule has 2 aromatic carbocycles. The van der Waals surface area contributed by atoms with Gasteiger partial charge in [0.1, 0.15) is 5.75 Å². The van der Waals surface area contributed by atoms with Crippen LogP contribution in [0.3, 0.4) is 0 Å². The number of nitrogens with one attached hydrogen (secondary N) is 1. The zero-order valence-electron chi connectivity index (χ0n) is 14.9. The Kier molecular flexibility index (Phi) is 7.52. The molecule has 27 heavy (non-hydrogen) atoms. The fourth-order valence-corrected chi connectivity index (χ4v) is 3.55. The molecule has 0 spiro atoms. The van der Waals surface area contributed by atoms with Gasteiger partial charge in [-0.1, -0.05) is 28.1 Å². The van der Waals surface area contributed by atoms with Crippen molar-refractivity contribution in [2.75, 3.05) is 20.2 Å². The largest absolute Gasteiger partial charge is 0.493 e. The Morgan fingerprint density at radius 1 is 1.22 bits per heavy atom. The van der Waals surface area contributed by atoms with E-state index in [9.17, 15) is 13.2 Å². The van der Waals surface area contributed by atoms with E-state index in [1.54, 1.807) is 24.3 Å². The van der Waals surface area contributed by atoms with Crippen molar-refractivity contribution in [1.82, 2.24) is 9.73 Å². The van der Waals surface area contributed by atoms with Gasteiger partial charge in [0.15, 0.2) is 0 Å². The van der Waals surface area contributed by atoms with Crippen LogP contribution in [-0.4, -0.2) is 45.0 Å². The Bertz CT molecular complexity index is 914. The molecule has 1 amide bonds. The van der Waals surface area contributed by atoms with Gasteiger partial charge in [0, 0.05) is 17.1 Å². The van der Waals surface area contributed by atoms with Crippen LogP contribution >= 0.6 is 15.9 Å². The van der Waals surface area contributed by atoms with E-state index >= 15 is 0 Å². The fourth-order valence-electron chi connectivity index (χ4n) is 2.16. The summed E-state index contributed by atoms with van der Waals surface area (Å²) < 4.78 is 32.1. The summed E-state index contributed by atoms with van der Waals surface area (Å²) in [5.74, 6) is 0.0938. The highest BCUT2D eigenvalue weighted by molar-refractivity contribution is 9.10. The standard InChI is InChI=1S/C18H20BrN3O4S/c1-3-26-17-7-5-4-6-14(17)12-20-21-18(23)13-22(2)27(24,25)16-10-8-15(19)9-11-16/h4-12H,3,13H2,1-2H3,(H,21,23)/b20-12-. The van der Waals surface area contributed by atoms with E-state index in [0.29, 0.717) is 17.9 Å². The molecule has 0 aromatic heterocycles. The van der Waals surface area contributed by atoms with Crippen molar-refractivity contribution >= 4 is 38.1 Å². The van der Waals surface area contributed by atoms with Crippen LogP contribution in [0, 0.1) is 0 Å². The summed E-state index contributed by atoms with van der Waals surface area (Å²) in [6.07, 6.45) is 1.45. The summed E-state index contributed by atoms with van der Waals surface area (Å²) >= 11 is 3.25. The van der Waals surface area contributed by atoms with Gasteiger partial charge in [-0.3, -0.25) is 4.79 Å². The molecule has 0 radical (unpaired) electrons. The van der Waals surface area contributed by atoms with E-state index in [1.807, 2.05) is 19.1 Å². The number of carbonyl (C=O) groups excluding carboxylic acids is 1. The van der Waals surface area contributed by atoms with Crippen molar-refractivity contribution in [2.24, 2.45) is 5.10 Å². The van der Waals surface area contributed by atoms with Gasteiger partial charge < -0.3 is 4.74 Å². The molecule has 0 aliphatic carbocycles. The zero-order valence-corrected chi connectivity index (χ0v) is 17.3. The molecule has 1 N–H and O–H groups in total. The van der Waals surface area contributed by atoms with Gasteiger partial charge in [0.05, 0.1) is 24.3 Å². The second kappa shape index (κ2) is 9.63. The summed E-state index contributed by atoms with van der Waals surface area (Å²) in [5, 5.41) is 3.87. The fraction of sp³-hybridized carbons (Fsp3) is 0.222. The van der Waals surface area contributed by atoms with Crippen LogP contribution in [0.25, 0.3) is 0 Å². The van der Waals surface area contributed by atoms with Gasteiger partial charge in [0.25, 0.3) is 5.91 Å². The Morgan fingerprint density at radius 2 is 1.89 bits per heavy atom. The SMILES string of the molecule is CCOc1ccccc1/C=N\NC(=O)CN(C)S(=O)(=O)c1ccc(Br)cc1. The van der Waals surface area contributed by atoms with Gasteiger partial charge in [-0.2, -0.15) is 9.41 Å². The number of hydrazone groups is 1. The number of halogens is 1. The molecule has 2 rings (SSSR count). The van der Waals surface area contributed by atoms with Gasteiger partial charge >= 0.3 is 0 Å². The van der Waals surface area contributed by atoms with Crippen LogP contribution in [0.4, 0.5) is 0 Å². The molecule has 9 heteroatoms. The molecule has 0 aliphatic rings. The van der Waals surface area contributed by atoms with E-state index < -0.39 is 15.9 Å².